The molecule has 2 aromatic rings. The number of fused-ring (bicyclic) bond motifs is 1. The third kappa shape index (κ3) is 2.21. The lowest BCUT2D eigenvalue weighted by atomic mass is 9.98. The molecule has 2 fully saturated rings. The lowest BCUT2D eigenvalue weighted by Gasteiger charge is -2.41. The van der Waals surface area contributed by atoms with Crippen molar-refractivity contribution in [2.24, 2.45) is 5.92 Å². The van der Waals surface area contributed by atoms with Crippen molar-refractivity contribution in [3.8, 4) is 0 Å². The average Bonchev–Trinajstić information content (AvgIpc) is 2.94. The van der Waals surface area contributed by atoms with Crippen LogP contribution in [0, 0.1) is 5.92 Å². The van der Waals surface area contributed by atoms with Crippen LogP contribution in [0.3, 0.4) is 0 Å². The highest BCUT2D eigenvalue weighted by molar-refractivity contribution is 5.82. The van der Waals surface area contributed by atoms with Crippen molar-refractivity contribution in [1.29, 1.82) is 0 Å². The first-order valence-corrected chi connectivity index (χ1v) is 7.10. The average molecular weight is 288 g/mol. The van der Waals surface area contributed by atoms with Crippen LogP contribution in [-0.4, -0.2) is 70.0 Å². The molecule has 2 aliphatic heterocycles. The number of ether oxygens (including phenoxy) is 1. The summed E-state index contributed by atoms with van der Waals surface area (Å²) in [6, 6.07) is 3.80. The van der Waals surface area contributed by atoms with Gasteiger partial charge in [-0.1, -0.05) is 0 Å². The molecule has 0 saturated carbocycles. The van der Waals surface area contributed by atoms with Crippen molar-refractivity contribution < 1.29 is 9.53 Å². The van der Waals surface area contributed by atoms with Crippen LogP contribution in [0.2, 0.25) is 0 Å². The first-order chi connectivity index (χ1) is 10.3. The van der Waals surface area contributed by atoms with Gasteiger partial charge >= 0.3 is 0 Å². The zero-order chi connectivity index (χ0) is 14.2. The van der Waals surface area contributed by atoms with Gasteiger partial charge < -0.3 is 14.5 Å². The van der Waals surface area contributed by atoms with E-state index in [0.29, 0.717) is 26.3 Å². The lowest BCUT2D eigenvalue weighted by Crippen LogP contribution is -2.56. The molecule has 0 N–H and O–H groups in total. The lowest BCUT2D eigenvalue weighted by molar-refractivity contribution is -0.140. The van der Waals surface area contributed by atoms with Gasteiger partial charge in [0.1, 0.15) is 12.1 Å². The zero-order valence-corrected chi connectivity index (χ0v) is 11.6. The standard InChI is InChI=1S/C13H16N6O2/c20-13(17-3-5-21-6-4-17)10-7-18(8-10)12-2-1-11-15-14-9-19(11)16-12/h1-2,9-10H,3-8H2. The number of morpholine rings is 1. The van der Waals surface area contributed by atoms with Gasteiger partial charge in [0, 0.05) is 26.2 Å². The molecule has 2 aliphatic rings. The van der Waals surface area contributed by atoms with Crippen LogP contribution in [0.1, 0.15) is 0 Å². The van der Waals surface area contributed by atoms with E-state index in [1.165, 1.54) is 0 Å². The Bertz CT molecular complexity index is 659. The molecule has 0 spiro atoms. The summed E-state index contributed by atoms with van der Waals surface area (Å²) < 4.78 is 6.92. The predicted molar refractivity (Wildman–Crippen MR) is 73.9 cm³/mol. The topological polar surface area (TPSA) is 75.9 Å². The molecule has 0 aliphatic carbocycles. The van der Waals surface area contributed by atoms with Crippen LogP contribution in [0.5, 0.6) is 0 Å². The third-order valence-corrected chi connectivity index (χ3v) is 4.03. The number of carbonyl (C=O) groups is 1. The van der Waals surface area contributed by atoms with Crippen molar-refractivity contribution >= 4 is 17.4 Å². The predicted octanol–water partition coefficient (Wildman–Crippen LogP) is -0.581. The Hall–Kier alpha value is -2.22. The summed E-state index contributed by atoms with van der Waals surface area (Å²) in [5, 5.41) is 12.2. The van der Waals surface area contributed by atoms with E-state index in [2.05, 4.69) is 20.2 Å². The van der Waals surface area contributed by atoms with Gasteiger partial charge in [0.25, 0.3) is 0 Å². The summed E-state index contributed by atoms with van der Waals surface area (Å²) in [7, 11) is 0. The van der Waals surface area contributed by atoms with Crippen LogP contribution in [-0.2, 0) is 9.53 Å². The maximum absolute atomic E-state index is 12.3. The van der Waals surface area contributed by atoms with E-state index >= 15 is 0 Å². The minimum Gasteiger partial charge on any atom is -0.378 e. The van der Waals surface area contributed by atoms with E-state index in [4.69, 9.17) is 4.74 Å². The first-order valence-electron chi connectivity index (χ1n) is 7.10. The van der Waals surface area contributed by atoms with Crippen LogP contribution >= 0.6 is 0 Å². The van der Waals surface area contributed by atoms with Gasteiger partial charge in [-0.2, -0.15) is 4.52 Å². The molecule has 4 heterocycles. The monoisotopic (exact) mass is 288 g/mol. The Balaban J connectivity index is 1.40. The number of hydrogen-bond acceptors (Lipinski definition) is 6. The van der Waals surface area contributed by atoms with Crippen LogP contribution < -0.4 is 4.90 Å². The SMILES string of the molecule is O=C(C1CN(c2ccc3nncn3n2)C1)N1CCOCC1. The summed E-state index contributed by atoms with van der Waals surface area (Å²) in [5.74, 6) is 1.16. The normalized spacial score (nSPS) is 19.8. The van der Waals surface area contributed by atoms with E-state index in [9.17, 15) is 4.79 Å². The minimum atomic E-state index is 0.0708. The summed E-state index contributed by atoms with van der Waals surface area (Å²) in [4.78, 5) is 16.3. The molecule has 110 valence electrons. The number of amides is 1. The number of nitrogens with zero attached hydrogens (tertiary/aromatic N) is 6. The number of rotatable bonds is 2. The molecule has 1 amide bonds. The molecule has 8 nitrogen and oxygen atoms in total. The minimum absolute atomic E-state index is 0.0708. The third-order valence-electron chi connectivity index (χ3n) is 4.03. The summed E-state index contributed by atoms with van der Waals surface area (Å²) in [5.41, 5.74) is 0.722. The Morgan fingerprint density at radius 3 is 2.86 bits per heavy atom. The van der Waals surface area contributed by atoms with E-state index in [-0.39, 0.29) is 11.8 Å². The summed E-state index contributed by atoms with van der Waals surface area (Å²) >= 11 is 0. The second-order valence-electron chi connectivity index (χ2n) is 5.36. The molecule has 2 saturated heterocycles. The zero-order valence-electron chi connectivity index (χ0n) is 11.6. The molecule has 4 rings (SSSR count). The van der Waals surface area contributed by atoms with Crippen molar-refractivity contribution in [3.63, 3.8) is 0 Å². The van der Waals surface area contributed by atoms with Crippen LogP contribution in [0.15, 0.2) is 18.5 Å². The highest BCUT2D eigenvalue weighted by Crippen LogP contribution is 2.24. The quantitative estimate of drug-likeness (QED) is 0.736. The van der Waals surface area contributed by atoms with E-state index in [1.807, 2.05) is 17.0 Å². The molecule has 8 heteroatoms. The van der Waals surface area contributed by atoms with E-state index in [0.717, 1.165) is 24.6 Å². The Morgan fingerprint density at radius 2 is 2.05 bits per heavy atom. The molecule has 0 atom stereocenters. The highest BCUT2D eigenvalue weighted by Gasteiger charge is 2.36. The maximum Gasteiger partial charge on any atom is 0.229 e. The smallest absolute Gasteiger partial charge is 0.229 e. The molecule has 0 bridgehead atoms. The Labute approximate surface area is 121 Å². The Kier molecular flexibility index (Phi) is 2.95. The van der Waals surface area contributed by atoms with Crippen molar-refractivity contribution in [3.05, 3.63) is 18.5 Å². The maximum atomic E-state index is 12.3. The largest absolute Gasteiger partial charge is 0.378 e. The molecular weight excluding hydrogens is 272 g/mol. The Morgan fingerprint density at radius 1 is 1.24 bits per heavy atom. The summed E-state index contributed by atoms with van der Waals surface area (Å²) in [6.45, 7) is 4.15. The molecule has 21 heavy (non-hydrogen) atoms. The van der Waals surface area contributed by atoms with Crippen molar-refractivity contribution in [2.75, 3.05) is 44.3 Å². The fraction of sp³-hybridized carbons (Fsp3) is 0.538. The second kappa shape index (κ2) is 4.96. The summed E-state index contributed by atoms with van der Waals surface area (Å²) in [6.07, 6.45) is 1.58. The second-order valence-corrected chi connectivity index (χ2v) is 5.36. The van der Waals surface area contributed by atoms with Gasteiger partial charge in [-0.3, -0.25) is 4.79 Å². The van der Waals surface area contributed by atoms with Gasteiger partial charge in [0.05, 0.1) is 19.1 Å². The van der Waals surface area contributed by atoms with E-state index < -0.39 is 0 Å². The highest BCUT2D eigenvalue weighted by atomic mass is 16.5. The fourth-order valence-electron chi connectivity index (χ4n) is 2.75. The van der Waals surface area contributed by atoms with Gasteiger partial charge in [-0.25, -0.2) is 0 Å². The molecule has 0 unspecified atom stereocenters. The molecule has 0 radical (unpaired) electrons. The molecule has 0 aromatic carbocycles. The van der Waals surface area contributed by atoms with Gasteiger partial charge in [0.2, 0.25) is 5.91 Å². The number of carbonyl (C=O) groups excluding carboxylic acids is 1. The van der Waals surface area contributed by atoms with E-state index in [1.54, 1.807) is 10.8 Å². The van der Waals surface area contributed by atoms with Crippen molar-refractivity contribution in [2.45, 2.75) is 0 Å². The number of hydrogen-bond donors (Lipinski definition) is 0. The van der Waals surface area contributed by atoms with Gasteiger partial charge in [-0.05, 0) is 12.1 Å². The van der Waals surface area contributed by atoms with Gasteiger partial charge in [-0.15, -0.1) is 15.3 Å². The number of anilines is 1. The first kappa shape index (κ1) is 12.5. The molecular formula is C13H16N6O2. The van der Waals surface area contributed by atoms with Crippen molar-refractivity contribution in [1.82, 2.24) is 24.7 Å². The van der Waals surface area contributed by atoms with Crippen LogP contribution in [0.25, 0.3) is 5.65 Å². The molecule has 2 aromatic heterocycles. The fourth-order valence-corrected chi connectivity index (χ4v) is 2.75. The number of aromatic nitrogens is 4. The van der Waals surface area contributed by atoms with Gasteiger partial charge in [0.15, 0.2) is 5.65 Å². The van der Waals surface area contributed by atoms with Crippen LogP contribution in [0.4, 0.5) is 5.82 Å².